The molecule has 10 heteroatoms. The minimum atomic E-state index is -2.58. The van der Waals surface area contributed by atoms with Crippen molar-refractivity contribution in [3.8, 4) is 11.5 Å². The van der Waals surface area contributed by atoms with Crippen LogP contribution >= 0.6 is 11.6 Å². The predicted octanol–water partition coefficient (Wildman–Crippen LogP) is 3.55. The lowest BCUT2D eigenvalue weighted by Crippen LogP contribution is -2.11. The third-order valence-corrected chi connectivity index (χ3v) is 4.58. The van der Waals surface area contributed by atoms with Gasteiger partial charge in [0, 0.05) is 22.0 Å². The fourth-order valence-electron chi connectivity index (χ4n) is 2.50. The topological polar surface area (TPSA) is 96.4 Å². The molecule has 142 valence electrons. The van der Waals surface area contributed by atoms with Gasteiger partial charge in [-0.1, -0.05) is 11.6 Å². The van der Waals surface area contributed by atoms with Crippen LogP contribution in [0.1, 0.15) is 0 Å². The molecule has 0 saturated carbocycles. The van der Waals surface area contributed by atoms with E-state index in [1.165, 1.54) is 31.8 Å². The first-order valence-electron chi connectivity index (χ1n) is 7.56. The highest BCUT2D eigenvalue weighted by Crippen LogP contribution is 2.42. The van der Waals surface area contributed by atoms with Crippen molar-refractivity contribution in [2.75, 3.05) is 23.4 Å². The molecule has 2 aromatic carbocycles. The van der Waals surface area contributed by atoms with E-state index in [4.69, 9.17) is 16.3 Å². The van der Waals surface area contributed by atoms with E-state index in [2.05, 4.69) is 25.9 Å². The Balaban J connectivity index is 2.18. The van der Waals surface area contributed by atoms with Crippen molar-refractivity contribution in [2.45, 2.75) is 0 Å². The quantitative estimate of drug-likeness (QED) is 0.439. The van der Waals surface area contributed by atoms with Gasteiger partial charge in [-0.05, 0) is 24.1 Å². The standard InChI is InChI=1S/C17H16ClFN4O3S/c1-26-16-12(23-27(2,3)25)7-11-14(15(16)18)17(21-8-20-11)22-10-5-4-9(19)6-13(10)24/h4-8,24H,2H2,1,3H3,(H,23,25)(H,20,21,22). The summed E-state index contributed by atoms with van der Waals surface area (Å²) >= 11 is 6.49. The summed E-state index contributed by atoms with van der Waals surface area (Å²) < 4.78 is 33.3. The monoisotopic (exact) mass is 410 g/mol. The van der Waals surface area contributed by atoms with Crippen LogP contribution in [0.2, 0.25) is 5.02 Å². The number of methoxy groups -OCH3 is 1. The first-order valence-corrected chi connectivity index (χ1v) is 10.1. The molecule has 7 nitrogen and oxygen atoms in total. The number of nitrogens with zero attached hydrogens (tertiary/aromatic N) is 2. The number of hydrogen-bond acceptors (Lipinski definition) is 6. The molecule has 27 heavy (non-hydrogen) atoms. The zero-order chi connectivity index (χ0) is 19.8. The zero-order valence-corrected chi connectivity index (χ0v) is 16.0. The highest BCUT2D eigenvalue weighted by Gasteiger charge is 2.19. The van der Waals surface area contributed by atoms with Crippen LogP contribution in [0, 0.1) is 5.82 Å². The highest BCUT2D eigenvalue weighted by molar-refractivity contribution is 8.00. The van der Waals surface area contributed by atoms with Gasteiger partial charge in [0.2, 0.25) is 0 Å². The molecule has 0 aliphatic rings. The molecule has 3 aromatic rings. The second kappa shape index (κ2) is 7.09. The van der Waals surface area contributed by atoms with Gasteiger partial charge in [0.05, 0.1) is 34.4 Å². The maximum absolute atomic E-state index is 13.2. The molecule has 0 spiro atoms. The maximum atomic E-state index is 13.2. The Bertz CT molecular complexity index is 1140. The van der Waals surface area contributed by atoms with E-state index >= 15 is 0 Å². The minimum absolute atomic E-state index is 0.172. The molecule has 3 N–H and O–H groups in total. The molecule has 1 aromatic heterocycles. The Kier molecular flexibility index (Phi) is 4.99. The van der Waals surface area contributed by atoms with E-state index < -0.39 is 15.5 Å². The summed E-state index contributed by atoms with van der Waals surface area (Å²) in [6, 6.07) is 5.14. The van der Waals surface area contributed by atoms with Crippen molar-refractivity contribution in [3.05, 3.63) is 41.4 Å². The molecule has 0 amide bonds. The molecule has 0 bridgehead atoms. The Morgan fingerprint density at radius 1 is 1.30 bits per heavy atom. The van der Waals surface area contributed by atoms with E-state index in [1.807, 2.05) is 0 Å². The maximum Gasteiger partial charge on any atom is 0.162 e. The van der Waals surface area contributed by atoms with Gasteiger partial charge in [-0.25, -0.2) is 18.6 Å². The Morgan fingerprint density at radius 2 is 2.04 bits per heavy atom. The number of aromatic nitrogens is 2. The number of fused-ring (bicyclic) bond motifs is 1. The summed E-state index contributed by atoms with van der Waals surface area (Å²) in [5.41, 5.74) is 1.04. The van der Waals surface area contributed by atoms with E-state index in [0.29, 0.717) is 16.6 Å². The third-order valence-electron chi connectivity index (χ3n) is 3.56. The number of phenolic OH excluding ortho intramolecular Hbond substituents is 1. The molecule has 0 aliphatic heterocycles. The van der Waals surface area contributed by atoms with Crippen molar-refractivity contribution in [3.63, 3.8) is 0 Å². The van der Waals surface area contributed by atoms with Gasteiger partial charge in [-0.3, -0.25) is 0 Å². The zero-order valence-electron chi connectivity index (χ0n) is 14.4. The SMILES string of the molecule is C=S(C)(=O)Nc1cc2ncnc(Nc3ccc(F)cc3O)c2c(Cl)c1OC. The number of phenols is 1. The normalized spacial score (nSPS) is 13.2. The molecule has 0 aliphatic carbocycles. The predicted molar refractivity (Wildman–Crippen MR) is 107 cm³/mol. The van der Waals surface area contributed by atoms with Crippen LogP contribution in [0.25, 0.3) is 10.9 Å². The van der Waals surface area contributed by atoms with E-state index in [-0.39, 0.29) is 28.0 Å². The van der Waals surface area contributed by atoms with Gasteiger partial charge in [-0.15, -0.1) is 0 Å². The number of aromatic hydroxyl groups is 1. The number of hydrogen-bond donors (Lipinski definition) is 3. The Morgan fingerprint density at radius 3 is 2.67 bits per heavy atom. The van der Waals surface area contributed by atoms with Gasteiger partial charge in [-0.2, -0.15) is 0 Å². The van der Waals surface area contributed by atoms with Gasteiger partial charge in [0.15, 0.2) is 5.75 Å². The van der Waals surface area contributed by atoms with Crippen molar-refractivity contribution in [2.24, 2.45) is 0 Å². The largest absolute Gasteiger partial charge is 0.506 e. The van der Waals surface area contributed by atoms with Crippen molar-refractivity contribution in [1.29, 1.82) is 0 Å². The number of benzene rings is 2. The van der Waals surface area contributed by atoms with Crippen molar-refractivity contribution >= 4 is 55.3 Å². The van der Waals surface area contributed by atoms with Crippen LogP contribution in [-0.2, 0) is 9.71 Å². The first-order chi connectivity index (χ1) is 12.7. The molecular weight excluding hydrogens is 395 g/mol. The van der Waals surface area contributed by atoms with Gasteiger partial charge in [0.1, 0.15) is 23.7 Å². The van der Waals surface area contributed by atoms with Crippen LogP contribution in [-0.4, -0.2) is 38.5 Å². The first kappa shape index (κ1) is 19.0. The molecule has 1 heterocycles. The van der Waals surface area contributed by atoms with Gasteiger partial charge < -0.3 is 19.9 Å². The lowest BCUT2D eigenvalue weighted by Gasteiger charge is -2.17. The smallest absolute Gasteiger partial charge is 0.162 e. The number of nitrogens with one attached hydrogen (secondary N) is 2. The number of ether oxygens (including phenoxy) is 1. The summed E-state index contributed by atoms with van der Waals surface area (Å²) in [5, 5.41) is 13.4. The Hall–Kier alpha value is -2.78. The van der Waals surface area contributed by atoms with E-state index in [9.17, 15) is 13.7 Å². The molecule has 0 radical (unpaired) electrons. The van der Waals surface area contributed by atoms with Crippen LogP contribution in [0.4, 0.5) is 21.6 Å². The van der Waals surface area contributed by atoms with Crippen LogP contribution in [0.5, 0.6) is 11.5 Å². The van der Waals surface area contributed by atoms with Crippen LogP contribution in [0.3, 0.4) is 0 Å². The second-order valence-electron chi connectivity index (χ2n) is 5.78. The minimum Gasteiger partial charge on any atom is -0.506 e. The summed E-state index contributed by atoms with van der Waals surface area (Å²) in [6.45, 7) is 0. The van der Waals surface area contributed by atoms with Crippen molar-refractivity contribution in [1.82, 2.24) is 9.97 Å². The summed E-state index contributed by atoms with van der Waals surface area (Å²) in [6.07, 6.45) is 2.74. The fraction of sp³-hybridized carbons (Fsp3) is 0.118. The molecule has 1 unspecified atom stereocenters. The lowest BCUT2D eigenvalue weighted by atomic mass is 10.2. The molecular formula is C17H16ClFN4O3S. The number of rotatable bonds is 5. The average Bonchev–Trinajstić information content (AvgIpc) is 2.56. The summed E-state index contributed by atoms with van der Waals surface area (Å²) in [4.78, 5) is 8.33. The van der Waals surface area contributed by atoms with Crippen molar-refractivity contribution < 1.29 is 18.4 Å². The molecule has 0 saturated heterocycles. The number of anilines is 3. The molecule has 1 atom stereocenters. The molecule has 0 fully saturated rings. The molecule has 3 rings (SSSR count). The average molecular weight is 411 g/mol. The van der Waals surface area contributed by atoms with Crippen LogP contribution in [0.15, 0.2) is 30.6 Å². The van der Waals surface area contributed by atoms with Gasteiger partial charge in [0.25, 0.3) is 0 Å². The number of halogens is 2. The fourth-order valence-corrected chi connectivity index (χ4v) is 3.48. The lowest BCUT2D eigenvalue weighted by molar-refractivity contribution is 0.418. The highest BCUT2D eigenvalue weighted by atomic mass is 35.5. The second-order valence-corrected chi connectivity index (χ2v) is 8.37. The summed E-state index contributed by atoms with van der Waals surface area (Å²) in [5.74, 6) is 3.22. The Labute approximate surface area is 160 Å². The van der Waals surface area contributed by atoms with Gasteiger partial charge >= 0.3 is 0 Å². The van der Waals surface area contributed by atoms with Crippen LogP contribution < -0.4 is 14.8 Å². The van der Waals surface area contributed by atoms with E-state index in [1.54, 1.807) is 6.07 Å². The third kappa shape index (κ3) is 3.99. The van der Waals surface area contributed by atoms with E-state index in [0.717, 1.165) is 6.07 Å². The summed E-state index contributed by atoms with van der Waals surface area (Å²) in [7, 11) is -1.16.